The number of rotatable bonds is 6. The van der Waals surface area contributed by atoms with Gasteiger partial charge in [-0.25, -0.2) is 0 Å². The predicted octanol–water partition coefficient (Wildman–Crippen LogP) is 3.54. The highest BCUT2D eigenvalue weighted by Crippen LogP contribution is 2.25. The van der Waals surface area contributed by atoms with Crippen molar-refractivity contribution < 1.29 is 4.74 Å². The van der Waals surface area contributed by atoms with Crippen molar-refractivity contribution in [3.8, 4) is 5.75 Å². The first-order valence-electron chi connectivity index (χ1n) is 7.21. The van der Waals surface area contributed by atoms with E-state index in [1.54, 1.807) is 0 Å². The van der Waals surface area contributed by atoms with Crippen LogP contribution in [0.4, 0.5) is 0 Å². The molecule has 2 N–H and O–H groups in total. The Kier molecular flexibility index (Phi) is 5.06. The van der Waals surface area contributed by atoms with Crippen molar-refractivity contribution in [2.45, 2.75) is 51.5 Å². The Morgan fingerprint density at radius 3 is 2.50 bits per heavy atom. The second-order valence-electron chi connectivity index (χ2n) is 5.62. The molecule has 1 saturated carbocycles. The van der Waals surface area contributed by atoms with Crippen molar-refractivity contribution in [3.05, 3.63) is 29.8 Å². The van der Waals surface area contributed by atoms with Crippen LogP contribution in [0.2, 0.25) is 0 Å². The SMILES string of the molecule is CC(N)CCc1ccc(OCC2CCCC2)cc1. The lowest BCUT2D eigenvalue weighted by atomic mass is 10.1. The van der Waals surface area contributed by atoms with Gasteiger partial charge in [0.2, 0.25) is 0 Å². The van der Waals surface area contributed by atoms with Gasteiger partial charge in [-0.05, 0) is 56.2 Å². The molecule has 0 aromatic heterocycles. The molecule has 2 nitrogen and oxygen atoms in total. The van der Waals surface area contributed by atoms with E-state index in [-0.39, 0.29) is 6.04 Å². The van der Waals surface area contributed by atoms with Gasteiger partial charge >= 0.3 is 0 Å². The molecule has 1 aromatic rings. The lowest BCUT2D eigenvalue weighted by molar-refractivity contribution is 0.252. The first-order chi connectivity index (χ1) is 8.74. The lowest BCUT2D eigenvalue weighted by Crippen LogP contribution is -2.15. The Balaban J connectivity index is 1.76. The Morgan fingerprint density at radius 1 is 1.22 bits per heavy atom. The summed E-state index contributed by atoms with van der Waals surface area (Å²) in [6, 6.07) is 8.78. The van der Waals surface area contributed by atoms with Gasteiger partial charge in [0.15, 0.2) is 0 Å². The molecule has 1 aromatic carbocycles. The highest BCUT2D eigenvalue weighted by molar-refractivity contribution is 5.27. The molecule has 0 amide bonds. The molecule has 1 aliphatic carbocycles. The van der Waals surface area contributed by atoms with E-state index in [1.807, 2.05) is 0 Å². The van der Waals surface area contributed by atoms with Crippen LogP contribution in [0.1, 0.15) is 44.6 Å². The van der Waals surface area contributed by atoms with Gasteiger partial charge in [-0.2, -0.15) is 0 Å². The van der Waals surface area contributed by atoms with Gasteiger partial charge in [-0.3, -0.25) is 0 Å². The molecular formula is C16H25NO. The quantitative estimate of drug-likeness (QED) is 0.834. The third-order valence-corrected chi connectivity index (χ3v) is 3.77. The molecule has 0 aliphatic heterocycles. The zero-order valence-corrected chi connectivity index (χ0v) is 11.4. The summed E-state index contributed by atoms with van der Waals surface area (Å²) in [6.45, 7) is 2.94. The molecule has 0 heterocycles. The maximum absolute atomic E-state index is 5.85. The van der Waals surface area contributed by atoms with Gasteiger partial charge in [0.1, 0.15) is 5.75 Å². The average Bonchev–Trinajstić information content (AvgIpc) is 2.88. The summed E-state index contributed by atoms with van der Waals surface area (Å²) in [6.07, 6.45) is 7.54. The fourth-order valence-electron chi connectivity index (χ4n) is 2.54. The summed E-state index contributed by atoms with van der Waals surface area (Å²) in [5, 5.41) is 0. The molecule has 0 radical (unpaired) electrons. The van der Waals surface area contributed by atoms with E-state index in [2.05, 4.69) is 31.2 Å². The molecule has 1 unspecified atom stereocenters. The van der Waals surface area contributed by atoms with Crippen LogP contribution in [0.3, 0.4) is 0 Å². The van der Waals surface area contributed by atoms with Crippen LogP contribution < -0.4 is 10.5 Å². The number of ether oxygens (including phenoxy) is 1. The monoisotopic (exact) mass is 247 g/mol. The summed E-state index contributed by atoms with van der Waals surface area (Å²) < 4.78 is 5.85. The molecular weight excluding hydrogens is 222 g/mol. The minimum absolute atomic E-state index is 0.281. The summed E-state index contributed by atoms with van der Waals surface area (Å²) in [7, 11) is 0. The maximum atomic E-state index is 5.85. The van der Waals surface area contributed by atoms with Gasteiger partial charge < -0.3 is 10.5 Å². The third-order valence-electron chi connectivity index (χ3n) is 3.77. The van der Waals surface area contributed by atoms with Crippen molar-refractivity contribution in [2.24, 2.45) is 11.7 Å². The number of aryl methyl sites for hydroxylation is 1. The first-order valence-corrected chi connectivity index (χ1v) is 7.21. The van der Waals surface area contributed by atoms with Crippen LogP contribution in [0.15, 0.2) is 24.3 Å². The van der Waals surface area contributed by atoms with Crippen molar-refractivity contribution in [1.82, 2.24) is 0 Å². The van der Waals surface area contributed by atoms with Crippen molar-refractivity contribution in [1.29, 1.82) is 0 Å². The molecule has 18 heavy (non-hydrogen) atoms. The average molecular weight is 247 g/mol. The molecule has 0 bridgehead atoms. The fraction of sp³-hybridized carbons (Fsp3) is 0.625. The minimum atomic E-state index is 0.281. The van der Waals surface area contributed by atoms with Crippen molar-refractivity contribution in [2.75, 3.05) is 6.61 Å². The summed E-state index contributed by atoms with van der Waals surface area (Å²) >= 11 is 0. The van der Waals surface area contributed by atoms with Gasteiger partial charge in [0.05, 0.1) is 6.61 Å². The lowest BCUT2D eigenvalue weighted by Gasteiger charge is -2.12. The maximum Gasteiger partial charge on any atom is 0.119 e. The van der Waals surface area contributed by atoms with E-state index >= 15 is 0 Å². The molecule has 1 atom stereocenters. The summed E-state index contributed by atoms with van der Waals surface area (Å²) in [4.78, 5) is 0. The highest BCUT2D eigenvalue weighted by Gasteiger charge is 2.15. The number of benzene rings is 1. The van der Waals surface area contributed by atoms with Crippen LogP contribution in [0.5, 0.6) is 5.75 Å². The second-order valence-corrected chi connectivity index (χ2v) is 5.62. The van der Waals surface area contributed by atoms with Gasteiger partial charge in [0.25, 0.3) is 0 Å². The smallest absolute Gasteiger partial charge is 0.119 e. The van der Waals surface area contributed by atoms with E-state index < -0.39 is 0 Å². The Labute approximate surface area is 111 Å². The van der Waals surface area contributed by atoms with Gasteiger partial charge in [-0.15, -0.1) is 0 Å². The highest BCUT2D eigenvalue weighted by atomic mass is 16.5. The van der Waals surface area contributed by atoms with E-state index in [1.165, 1.54) is 31.2 Å². The van der Waals surface area contributed by atoms with E-state index in [4.69, 9.17) is 10.5 Å². The predicted molar refractivity (Wildman–Crippen MR) is 75.9 cm³/mol. The zero-order valence-electron chi connectivity index (χ0n) is 11.4. The van der Waals surface area contributed by atoms with Gasteiger partial charge in [-0.1, -0.05) is 25.0 Å². The molecule has 0 saturated heterocycles. The molecule has 2 heteroatoms. The molecule has 1 fully saturated rings. The number of hydrogen-bond acceptors (Lipinski definition) is 2. The zero-order chi connectivity index (χ0) is 12.8. The van der Waals surface area contributed by atoms with Gasteiger partial charge in [0, 0.05) is 6.04 Å². The normalized spacial score (nSPS) is 17.9. The largest absolute Gasteiger partial charge is 0.493 e. The Morgan fingerprint density at radius 2 is 1.89 bits per heavy atom. The Bertz CT molecular complexity index is 339. The van der Waals surface area contributed by atoms with Crippen LogP contribution in [0, 0.1) is 5.92 Å². The summed E-state index contributed by atoms with van der Waals surface area (Å²) in [5.41, 5.74) is 7.11. The molecule has 100 valence electrons. The van der Waals surface area contributed by atoms with E-state index in [0.29, 0.717) is 0 Å². The fourth-order valence-corrected chi connectivity index (χ4v) is 2.54. The van der Waals surface area contributed by atoms with Crippen LogP contribution >= 0.6 is 0 Å². The second kappa shape index (κ2) is 6.79. The third kappa shape index (κ3) is 4.34. The Hall–Kier alpha value is -1.02. The molecule has 1 aliphatic rings. The van der Waals surface area contributed by atoms with Crippen molar-refractivity contribution >= 4 is 0 Å². The van der Waals surface area contributed by atoms with E-state index in [0.717, 1.165) is 31.1 Å². The topological polar surface area (TPSA) is 35.2 Å². The van der Waals surface area contributed by atoms with Crippen molar-refractivity contribution in [3.63, 3.8) is 0 Å². The standard InChI is InChI=1S/C16H25NO/c1-13(17)6-7-14-8-10-16(11-9-14)18-12-15-4-2-3-5-15/h8-11,13,15H,2-7,12,17H2,1H3. The van der Waals surface area contributed by atoms with Crippen LogP contribution in [0.25, 0.3) is 0 Å². The number of nitrogens with two attached hydrogens (primary N) is 1. The molecule has 0 spiro atoms. The number of hydrogen-bond donors (Lipinski definition) is 1. The molecule has 2 rings (SSSR count). The van der Waals surface area contributed by atoms with E-state index in [9.17, 15) is 0 Å². The van der Waals surface area contributed by atoms with Crippen LogP contribution in [-0.2, 0) is 6.42 Å². The summed E-state index contributed by atoms with van der Waals surface area (Å²) in [5.74, 6) is 1.79. The first kappa shape index (κ1) is 13.4. The van der Waals surface area contributed by atoms with Crippen LogP contribution in [-0.4, -0.2) is 12.6 Å². The minimum Gasteiger partial charge on any atom is -0.493 e.